The van der Waals surface area contributed by atoms with Crippen molar-refractivity contribution in [2.45, 2.75) is 20.0 Å². The Morgan fingerprint density at radius 3 is 2.38 bits per heavy atom. The van der Waals surface area contributed by atoms with E-state index >= 15 is 0 Å². The molecule has 0 atom stereocenters. The van der Waals surface area contributed by atoms with Crippen LogP contribution < -0.4 is 20.9 Å². The standard InChI is InChI=1S/C11H18N2O3/c1-7(2)16-11-8(9(14)10(11)15)12-5-6-13(3)4/h7,12H,5-6H2,1-4H3. The van der Waals surface area contributed by atoms with Gasteiger partial charge in [-0.3, -0.25) is 9.59 Å². The summed E-state index contributed by atoms with van der Waals surface area (Å²) in [5, 5.41) is 2.93. The van der Waals surface area contributed by atoms with Crippen LogP contribution >= 0.6 is 0 Å². The summed E-state index contributed by atoms with van der Waals surface area (Å²) in [5.41, 5.74) is -0.684. The third kappa shape index (κ3) is 2.82. The highest BCUT2D eigenvalue weighted by Gasteiger charge is 2.22. The minimum absolute atomic E-state index is 0.0994. The van der Waals surface area contributed by atoms with E-state index in [4.69, 9.17) is 4.74 Å². The molecule has 1 aromatic rings. The van der Waals surface area contributed by atoms with Crippen LogP contribution in [0, 0.1) is 0 Å². The van der Waals surface area contributed by atoms with Crippen LogP contribution in [-0.2, 0) is 0 Å². The van der Waals surface area contributed by atoms with E-state index in [1.807, 2.05) is 32.8 Å². The van der Waals surface area contributed by atoms with Crippen molar-refractivity contribution in [1.29, 1.82) is 0 Å². The zero-order chi connectivity index (χ0) is 12.3. The number of hydrogen-bond donors (Lipinski definition) is 1. The summed E-state index contributed by atoms with van der Waals surface area (Å²) < 4.78 is 5.27. The molecule has 1 rings (SSSR count). The molecular formula is C11H18N2O3. The number of anilines is 1. The first-order valence-electron chi connectivity index (χ1n) is 5.32. The molecule has 0 amide bonds. The number of ether oxygens (including phenoxy) is 1. The van der Waals surface area contributed by atoms with Gasteiger partial charge in [-0.25, -0.2) is 0 Å². The maximum absolute atomic E-state index is 11.3. The maximum Gasteiger partial charge on any atom is 0.272 e. The molecule has 90 valence electrons. The smallest absolute Gasteiger partial charge is 0.272 e. The van der Waals surface area contributed by atoms with Crippen LogP contribution in [-0.4, -0.2) is 38.2 Å². The van der Waals surface area contributed by atoms with Crippen molar-refractivity contribution in [3.8, 4) is 5.75 Å². The second-order valence-corrected chi connectivity index (χ2v) is 4.26. The van der Waals surface area contributed by atoms with E-state index in [1.54, 1.807) is 0 Å². The molecule has 5 heteroatoms. The van der Waals surface area contributed by atoms with Gasteiger partial charge in [0, 0.05) is 13.1 Å². The van der Waals surface area contributed by atoms with Crippen molar-refractivity contribution in [1.82, 2.24) is 4.90 Å². The van der Waals surface area contributed by atoms with Gasteiger partial charge in [-0.1, -0.05) is 0 Å². The van der Waals surface area contributed by atoms with E-state index < -0.39 is 10.9 Å². The van der Waals surface area contributed by atoms with Gasteiger partial charge in [0.25, 0.3) is 10.9 Å². The van der Waals surface area contributed by atoms with Gasteiger partial charge >= 0.3 is 0 Å². The summed E-state index contributed by atoms with van der Waals surface area (Å²) >= 11 is 0. The first-order chi connectivity index (χ1) is 7.43. The van der Waals surface area contributed by atoms with Gasteiger partial charge in [0.15, 0.2) is 5.75 Å². The molecule has 0 radical (unpaired) electrons. The maximum atomic E-state index is 11.3. The molecular weight excluding hydrogens is 208 g/mol. The van der Waals surface area contributed by atoms with Crippen LogP contribution in [0.4, 0.5) is 5.69 Å². The molecule has 1 aromatic carbocycles. The van der Waals surface area contributed by atoms with Gasteiger partial charge in [-0.2, -0.15) is 0 Å². The molecule has 0 aliphatic rings. The van der Waals surface area contributed by atoms with Crippen LogP contribution in [0.2, 0.25) is 0 Å². The van der Waals surface area contributed by atoms with Crippen LogP contribution in [0.15, 0.2) is 9.59 Å². The lowest BCUT2D eigenvalue weighted by Gasteiger charge is -2.17. The summed E-state index contributed by atoms with van der Waals surface area (Å²) in [4.78, 5) is 24.5. The highest BCUT2D eigenvalue weighted by atomic mass is 16.5. The highest BCUT2D eigenvalue weighted by Crippen LogP contribution is 2.18. The molecule has 0 bridgehead atoms. The quantitative estimate of drug-likeness (QED) is 0.694. The van der Waals surface area contributed by atoms with Crippen molar-refractivity contribution in [3.63, 3.8) is 0 Å². The number of likely N-dealkylation sites (N-methyl/N-ethyl adjacent to an activating group) is 1. The van der Waals surface area contributed by atoms with Gasteiger partial charge in [0.1, 0.15) is 5.69 Å². The molecule has 0 unspecified atom stereocenters. The average Bonchev–Trinajstić information content (AvgIpc) is 2.20. The zero-order valence-electron chi connectivity index (χ0n) is 10.2. The van der Waals surface area contributed by atoms with Gasteiger partial charge in [-0.05, 0) is 27.9 Å². The van der Waals surface area contributed by atoms with Gasteiger partial charge in [0.2, 0.25) is 0 Å². The van der Waals surface area contributed by atoms with Gasteiger partial charge in [0.05, 0.1) is 6.10 Å². The minimum Gasteiger partial charge on any atom is -0.485 e. The van der Waals surface area contributed by atoms with Crippen LogP contribution in [0.3, 0.4) is 0 Å². The normalized spacial score (nSPS) is 11.4. The van der Waals surface area contributed by atoms with Gasteiger partial charge in [-0.15, -0.1) is 0 Å². The predicted molar refractivity (Wildman–Crippen MR) is 64.2 cm³/mol. The number of rotatable bonds is 6. The summed E-state index contributed by atoms with van der Waals surface area (Å²) in [6, 6.07) is 0. The molecule has 0 heterocycles. The van der Waals surface area contributed by atoms with Crippen molar-refractivity contribution in [3.05, 3.63) is 20.4 Å². The Bertz CT molecular complexity index is 417. The Kier molecular flexibility index (Phi) is 4.06. The summed E-state index contributed by atoms with van der Waals surface area (Å²) in [5.74, 6) is 0.179. The molecule has 16 heavy (non-hydrogen) atoms. The lowest BCUT2D eigenvalue weighted by molar-refractivity contribution is 0.238. The van der Waals surface area contributed by atoms with E-state index in [0.717, 1.165) is 6.54 Å². The van der Waals surface area contributed by atoms with Gasteiger partial charge < -0.3 is 15.0 Å². The average molecular weight is 226 g/mol. The van der Waals surface area contributed by atoms with E-state index in [9.17, 15) is 9.59 Å². The number of hydrogen-bond acceptors (Lipinski definition) is 5. The molecule has 0 aliphatic carbocycles. The Balaban J connectivity index is 2.63. The molecule has 0 saturated carbocycles. The topological polar surface area (TPSA) is 58.6 Å². The van der Waals surface area contributed by atoms with E-state index in [-0.39, 0.29) is 11.9 Å². The predicted octanol–water partition coefficient (Wildman–Crippen LogP) is 0.0433. The van der Waals surface area contributed by atoms with Crippen molar-refractivity contribution < 1.29 is 4.74 Å². The number of nitrogens with one attached hydrogen (secondary N) is 1. The zero-order valence-corrected chi connectivity index (χ0v) is 10.2. The van der Waals surface area contributed by atoms with E-state index in [2.05, 4.69) is 5.32 Å². The second kappa shape index (κ2) is 5.12. The third-order valence-corrected chi connectivity index (χ3v) is 2.08. The van der Waals surface area contributed by atoms with Crippen LogP contribution in [0.1, 0.15) is 13.8 Å². The number of nitrogens with zero attached hydrogens (tertiary/aromatic N) is 1. The lowest BCUT2D eigenvalue weighted by atomic mass is 10.2. The Hall–Kier alpha value is -1.36. The van der Waals surface area contributed by atoms with Crippen molar-refractivity contribution >= 4 is 5.69 Å². The second-order valence-electron chi connectivity index (χ2n) is 4.26. The monoisotopic (exact) mass is 226 g/mol. The Labute approximate surface area is 94.7 Å². The Morgan fingerprint density at radius 2 is 1.88 bits per heavy atom. The van der Waals surface area contributed by atoms with Crippen LogP contribution in [0.5, 0.6) is 5.75 Å². The molecule has 0 aromatic heterocycles. The highest BCUT2D eigenvalue weighted by molar-refractivity contribution is 5.61. The van der Waals surface area contributed by atoms with E-state index in [0.29, 0.717) is 12.2 Å². The Morgan fingerprint density at radius 1 is 1.25 bits per heavy atom. The fourth-order valence-electron chi connectivity index (χ4n) is 1.28. The SMILES string of the molecule is CC(C)Oc1c(NCCN(C)C)c(=O)c1=O. The fraction of sp³-hybridized carbons (Fsp3) is 0.636. The molecule has 5 nitrogen and oxygen atoms in total. The molecule has 0 spiro atoms. The third-order valence-electron chi connectivity index (χ3n) is 2.08. The van der Waals surface area contributed by atoms with Crippen LogP contribution in [0.25, 0.3) is 0 Å². The summed E-state index contributed by atoms with van der Waals surface area (Å²) in [7, 11) is 3.88. The van der Waals surface area contributed by atoms with Crippen molar-refractivity contribution in [2.24, 2.45) is 0 Å². The fourth-order valence-corrected chi connectivity index (χ4v) is 1.28. The lowest BCUT2D eigenvalue weighted by Crippen LogP contribution is -2.38. The summed E-state index contributed by atoms with van der Waals surface area (Å²) in [6.45, 7) is 5.05. The molecule has 0 saturated heterocycles. The molecule has 0 aliphatic heterocycles. The first kappa shape index (κ1) is 12.7. The molecule has 0 fully saturated rings. The molecule has 1 N–H and O–H groups in total. The van der Waals surface area contributed by atoms with Crippen molar-refractivity contribution in [2.75, 3.05) is 32.5 Å². The largest absolute Gasteiger partial charge is 0.485 e. The summed E-state index contributed by atoms with van der Waals surface area (Å²) in [6.07, 6.45) is -0.0994. The first-order valence-corrected chi connectivity index (χ1v) is 5.32. The van der Waals surface area contributed by atoms with E-state index in [1.165, 1.54) is 0 Å². The minimum atomic E-state index is -0.527.